The minimum Gasteiger partial charge on any atom is -0.456 e. The van der Waals surface area contributed by atoms with E-state index >= 15 is 0 Å². The van der Waals surface area contributed by atoms with Gasteiger partial charge in [0.2, 0.25) is 0 Å². The molecule has 0 amide bonds. The lowest BCUT2D eigenvalue weighted by Crippen LogP contribution is -1.99. The Morgan fingerprint density at radius 1 is 1.38 bits per heavy atom. The average Bonchev–Trinajstić information content (AvgIpc) is 2.27. The molecule has 0 N–H and O–H groups in total. The second-order valence-electron chi connectivity index (χ2n) is 3.33. The van der Waals surface area contributed by atoms with Crippen molar-refractivity contribution in [2.75, 3.05) is 6.61 Å². The summed E-state index contributed by atoms with van der Waals surface area (Å²) in [5, 5.41) is 0. The van der Waals surface area contributed by atoms with Crippen molar-refractivity contribution >= 4 is 11.5 Å². The van der Waals surface area contributed by atoms with Gasteiger partial charge in [-0.25, -0.2) is 4.79 Å². The van der Waals surface area contributed by atoms with E-state index in [1.807, 2.05) is 31.2 Å². The molecule has 0 aliphatic rings. The molecule has 0 spiro atoms. The van der Waals surface area contributed by atoms with Crippen LogP contribution in [0.3, 0.4) is 0 Å². The Balaban J connectivity index is 2.75. The van der Waals surface area contributed by atoms with Crippen LogP contribution in [0, 0.1) is 11.8 Å². The second-order valence-corrected chi connectivity index (χ2v) is 3.33. The first-order valence-corrected chi connectivity index (χ1v) is 5.08. The Hall–Kier alpha value is -2.01. The van der Waals surface area contributed by atoms with Gasteiger partial charge in [-0.15, -0.1) is 0 Å². The van der Waals surface area contributed by atoms with Gasteiger partial charge in [0, 0.05) is 11.5 Å². The van der Waals surface area contributed by atoms with Crippen molar-refractivity contribution in [1.82, 2.24) is 0 Å². The van der Waals surface area contributed by atoms with Crippen LogP contribution in [0.4, 0.5) is 0 Å². The van der Waals surface area contributed by atoms with Gasteiger partial charge in [-0.1, -0.05) is 30.2 Å². The molecule has 1 rings (SSSR count). The molecule has 0 heterocycles. The number of hydrogen-bond donors (Lipinski definition) is 0. The third-order valence-electron chi connectivity index (χ3n) is 1.96. The van der Waals surface area contributed by atoms with Crippen LogP contribution in [0.15, 0.2) is 30.8 Å². The highest BCUT2D eigenvalue weighted by Crippen LogP contribution is 2.11. The molecule has 82 valence electrons. The minimum absolute atomic E-state index is 0.349. The standard InChI is InChI=1S/C14H14O2/c1-4-16-14(15)10-7-12-5-8-13(9-6-12)11(2)3/h5-6,8-9H,2,4H2,1,3H3. The highest BCUT2D eigenvalue weighted by molar-refractivity contribution is 5.89. The Morgan fingerprint density at radius 2 is 2.00 bits per heavy atom. The molecule has 0 bridgehead atoms. The van der Waals surface area contributed by atoms with Crippen molar-refractivity contribution in [3.63, 3.8) is 0 Å². The van der Waals surface area contributed by atoms with E-state index in [1.54, 1.807) is 6.92 Å². The Kier molecular flexibility index (Phi) is 4.35. The van der Waals surface area contributed by atoms with E-state index in [2.05, 4.69) is 18.4 Å². The largest absolute Gasteiger partial charge is 0.456 e. The van der Waals surface area contributed by atoms with Gasteiger partial charge in [0.05, 0.1) is 6.61 Å². The van der Waals surface area contributed by atoms with Crippen LogP contribution >= 0.6 is 0 Å². The summed E-state index contributed by atoms with van der Waals surface area (Å²) in [4.78, 5) is 11.0. The van der Waals surface area contributed by atoms with Crippen molar-refractivity contribution < 1.29 is 9.53 Å². The molecule has 0 saturated carbocycles. The normalized spacial score (nSPS) is 8.88. The number of esters is 1. The zero-order valence-electron chi connectivity index (χ0n) is 9.54. The average molecular weight is 214 g/mol. The fraction of sp³-hybridized carbons (Fsp3) is 0.214. The molecule has 0 unspecified atom stereocenters. The van der Waals surface area contributed by atoms with Crippen LogP contribution in [0.1, 0.15) is 25.0 Å². The van der Waals surface area contributed by atoms with E-state index in [0.717, 1.165) is 16.7 Å². The van der Waals surface area contributed by atoms with Gasteiger partial charge in [-0.2, -0.15) is 0 Å². The van der Waals surface area contributed by atoms with Crippen molar-refractivity contribution in [1.29, 1.82) is 0 Å². The first kappa shape index (κ1) is 12.1. The van der Waals surface area contributed by atoms with E-state index in [-0.39, 0.29) is 0 Å². The summed E-state index contributed by atoms with van der Waals surface area (Å²) in [6, 6.07) is 7.57. The predicted octanol–water partition coefficient (Wildman–Crippen LogP) is 2.63. The molecular formula is C14H14O2. The van der Waals surface area contributed by atoms with Gasteiger partial charge >= 0.3 is 5.97 Å². The fourth-order valence-corrected chi connectivity index (χ4v) is 1.13. The smallest absolute Gasteiger partial charge is 0.384 e. The van der Waals surface area contributed by atoms with Crippen LogP contribution in [0.25, 0.3) is 5.57 Å². The van der Waals surface area contributed by atoms with E-state index in [0.29, 0.717) is 6.61 Å². The number of benzene rings is 1. The number of allylic oxidation sites excluding steroid dienone is 1. The molecule has 0 atom stereocenters. The maximum atomic E-state index is 11.0. The molecule has 0 radical (unpaired) electrons. The topological polar surface area (TPSA) is 26.3 Å². The number of carbonyl (C=O) groups excluding carboxylic acids is 1. The lowest BCUT2D eigenvalue weighted by atomic mass is 10.1. The highest BCUT2D eigenvalue weighted by atomic mass is 16.5. The van der Waals surface area contributed by atoms with E-state index < -0.39 is 5.97 Å². The summed E-state index contributed by atoms with van der Waals surface area (Å²) in [7, 11) is 0. The molecule has 0 aliphatic heterocycles. The van der Waals surface area contributed by atoms with E-state index in [1.165, 1.54) is 0 Å². The Labute approximate surface area is 95.9 Å². The summed E-state index contributed by atoms with van der Waals surface area (Å²) in [6.45, 7) is 7.89. The third kappa shape index (κ3) is 3.62. The maximum Gasteiger partial charge on any atom is 0.384 e. The molecular weight excluding hydrogens is 200 g/mol. The monoisotopic (exact) mass is 214 g/mol. The summed E-state index contributed by atoms with van der Waals surface area (Å²) >= 11 is 0. The number of hydrogen-bond acceptors (Lipinski definition) is 2. The molecule has 2 heteroatoms. The quantitative estimate of drug-likeness (QED) is 0.559. The molecule has 0 fully saturated rings. The Morgan fingerprint density at radius 3 is 2.50 bits per heavy atom. The van der Waals surface area contributed by atoms with Crippen LogP contribution in [0.2, 0.25) is 0 Å². The van der Waals surface area contributed by atoms with Crippen molar-refractivity contribution in [3.05, 3.63) is 42.0 Å². The van der Waals surface area contributed by atoms with Gasteiger partial charge in [-0.05, 0) is 31.5 Å². The van der Waals surface area contributed by atoms with Gasteiger partial charge < -0.3 is 4.74 Å². The number of rotatable bonds is 2. The maximum absolute atomic E-state index is 11.0. The van der Waals surface area contributed by atoms with Crippen molar-refractivity contribution in [2.24, 2.45) is 0 Å². The molecule has 1 aromatic rings. The van der Waals surface area contributed by atoms with E-state index in [4.69, 9.17) is 4.74 Å². The third-order valence-corrected chi connectivity index (χ3v) is 1.96. The lowest BCUT2D eigenvalue weighted by Gasteiger charge is -1.98. The lowest BCUT2D eigenvalue weighted by molar-refractivity contribution is -0.136. The Bertz CT molecular complexity index is 444. The number of carbonyl (C=O) groups is 1. The molecule has 16 heavy (non-hydrogen) atoms. The molecule has 0 aromatic heterocycles. The number of ether oxygens (including phenoxy) is 1. The second kappa shape index (κ2) is 5.77. The predicted molar refractivity (Wildman–Crippen MR) is 64.7 cm³/mol. The zero-order valence-corrected chi connectivity index (χ0v) is 9.54. The van der Waals surface area contributed by atoms with Gasteiger partial charge in [0.15, 0.2) is 0 Å². The van der Waals surface area contributed by atoms with E-state index in [9.17, 15) is 4.79 Å². The molecule has 2 nitrogen and oxygen atoms in total. The summed E-state index contributed by atoms with van der Waals surface area (Å²) < 4.78 is 4.70. The molecule has 1 aromatic carbocycles. The first-order chi connectivity index (χ1) is 7.63. The zero-order chi connectivity index (χ0) is 12.0. The molecule has 0 aliphatic carbocycles. The first-order valence-electron chi connectivity index (χ1n) is 5.08. The van der Waals surface area contributed by atoms with Crippen molar-refractivity contribution in [2.45, 2.75) is 13.8 Å². The SMILES string of the molecule is C=C(C)c1ccc(C#CC(=O)OCC)cc1. The summed E-state index contributed by atoms with van der Waals surface area (Å²) in [6.07, 6.45) is 0. The van der Waals surface area contributed by atoms with Crippen molar-refractivity contribution in [3.8, 4) is 11.8 Å². The van der Waals surface area contributed by atoms with Gasteiger partial charge in [0.1, 0.15) is 0 Å². The summed E-state index contributed by atoms with van der Waals surface area (Å²) in [5.74, 6) is 4.66. The van der Waals surface area contributed by atoms with Crippen LogP contribution in [-0.4, -0.2) is 12.6 Å². The van der Waals surface area contributed by atoms with Crippen LogP contribution < -0.4 is 0 Å². The molecule has 0 saturated heterocycles. The van der Waals surface area contributed by atoms with Crippen LogP contribution in [-0.2, 0) is 9.53 Å². The highest BCUT2D eigenvalue weighted by Gasteiger charge is 1.94. The minimum atomic E-state index is -0.494. The fourth-order valence-electron chi connectivity index (χ4n) is 1.13. The van der Waals surface area contributed by atoms with Gasteiger partial charge in [-0.3, -0.25) is 0 Å². The summed E-state index contributed by atoms with van der Waals surface area (Å²) in [5.41, 5.74) is 2.87. The van der Waals surface area contributed by atoms with Gasteiger partial charge in [0.25, 0.3) is 0 Å². The van der Waals surface area contributed by atoms with Crippen LogP contribution in [0.5, 0.6) is 0 Å².